The van der Waals surface area contributed by atoms with Crippen LogP contribution in [0.25, 0.3) is 0 Å². The van der Waals surface area contributed by atoms with Crippen LogP contribution in [0.1, 0.15) is 16.1 Å². The summed E-state index contributed by atoms with van der Waals surface area (Å²) in [4.78, 5) is 16.0. The van der Waals surface area contributed by atoms with E-state index in [9.17, 15) is 17.6 Å². The average molecular weight is 337 g/mol. The van der Waals surface area contributed by atoms with E-state index >= 15 is 0 Å². The van der Waals surface area contributed by atoms with Gasteiger partial charge in [0.25, 0.3) is 5.91 Å². The van der Waals surface area contributed by atoms with E-state index in [0.717, 1.165) is 22.5 Å². The van der Waals surface area contributed by atoms with Crippen LogP contribution in [0.3, 0.4) is 0 Å². The first-order valence-electron chi connectivity index (χ1n) is 6.72. The molecule has 1 amide bonds. The first-order chi connectivity index (χ1) is 10.8. The van der Waals surface area contributed by atoms with Gasteiger partial charge in [0.2, 0.25) is 10.0 Å². The number of rotatable bonds is 5. The average Bonchev–Trinajstić information content (AvgIpc) is 2.53. The number of carbonyl (C=O) groups excluding carboxylic acids is 1. The van der Waals surface area contributed by atoms with Crippen molar-refractivity contribution in [2.75, 3.05) is 14.1 Å². The Balaban J connectivity index is 2.23. The van der Waals surface area contributed by atoms with Crippen molar-refractivity contribution in [1.82, 2.24) is 14.6 Å². The summed E-state index contributed by atoms with van der Waals surface area (Å²) < 4.78 is 39.0. The fraction of sp³-hybridized carbons (Fsp3) is 0.200. The number of benzene rings is 1. The van der Waals surface area contributed by atoms with Gasteiger partial charge in [0.05, 0.1) is 22.7 Å². The van der Waals surface area contributed by atoms with Crippen molar-refractivity contribution in [3.8, 4) is 0 Å². The number of nitrogens with zero attached hydrogens (tertiary/aromatic N) is 2. The first kappa shape index (κ1) is 17.0. The summed E-state index contributed by atoms with van der Waals surface area (Å²) in [5, 5.41) is 2.51. The molecule has 0 aliphatic carbocycles. The highest BCUT2D eigenvalue weighted by Gasteiger charge is 2.21. The standard InChI is InChI=1S/C15H16FN3O3S/c1-19(2)23(21,22)12-6-7-14(16)13(9-12)15(20)18-10-11-5-3-4-8-17-11/h3-9H,10H2,1-2H3,(H,18,20). The topological polar surface area (TPSA) is 79.4 Å². The lowest BCUT2D eigenvalue weighted by molar-refractivity contribution is 0.0946. The van der Waals surface area contributed by atoms with Crippen LogP contribution in [0, 0.1) is 5.82 Å². The lowest BCUT2D eigenvalue weighted by atomic mass is 10.2. The van der Waals surface area contributed by atoms with Gasteiger partial charge < -0.3 is 5.32 Å². The van der Waals surface area contributed by atoms with Crippen molar-refractivity contribution in [2.24, 2.45) is 0 Å². The number of hydrogen-bond acceptors (Lipinski definition) is 4. The summed E-state index contributed by atoms with van der Waals surface area (Å²) in [6, 6.07) is 8.33. The van der Waals surface area contributed by atoms with Gasteiger partial charge in [-0.25, -0.2) is 17.1 Å². The van der Waals surface area contributed by atoms with Crippen LogP contribution < -0.4 is 5.32 Å². The van der Waals surface area contributed by atoms with Crippen LogP contribution in [-0.2, 0) is 16.6 Å². The molecular weight excluding hydrogens is 321 g/mol. The zero-order valence-electron chi connectivity index (χ0n) is 12.7. The number of hydrogen-bond donors (Lipinski definition) is 1. The summed E-state index contributed by atoms with van der Waals surface area (Å²) in [6.07, 6.45) is 1.58. The van der Waals surface area contributed by atoms with E-state index in [1.165, 1.54) is 14.1 Å². The molecule has 0 saturated heterocycles. The second-order valence-electron chi connectivity index (χ2n) is 4.93. The zero-order chi connectivity index (χ0) is 17.0. The van der Waals surface area contributed by atoms with Crippen molar-refractivity contribution in [1.29, 1.82) is 0 Å². The molecular formula is C15H16FN3O3S. The quantitative estimate of drug-likeness (QED) is 0.894. The fourth-order valence-electron chi connectivity index (χ4n) is 1.82. The highest BCUT2D eigenvalue weighted by molar-refractivity contribution is 7.89. The lowest BCUT2D eigenvalue weighted by Gasteiger charge is -2.13. The molecule has 122 valence electrons. The summed E-state index contributed by atoms with van der Waals surface area (Å²) in [5.74, 6) is -1.50. The summed E-state index contributed by atoms with van der Waals surface area (Å²) in [7, 11) is -1.02. The monoisotopic (exact) mass is 337 g/mol. The van der Waals surface area contributed by atoms with Gasteiger partial charge in [-0.1, -0.05) is 6.07 Å². The molecule has 1 N–H and O–H groups in total. The Morgan fingerprint density at radius 2 is 2.00 bits per heavy atom. The van der Waals surface area contributed by atoms with Gasteiger partial charge >= 0.3 is 0 Å². The van der Waals surface area contributed by atoms with Crippen molar-refractivity contribution < 1.29 is 17.6 Å². The van der Waals surface area contributed by atoms with Gasteiger partial charge in [-0.2, -0.15) is 0 Å². The molecule has 0 aliphatic rings. The van der Waals surface area contributed by atoms with Crippen LogP contribution in [0.2, 0.25) is 0 Å². The van der Waals surface area contributed by atoms with Crippen LogP contribution >= 0.6 is 0 Å². The molecule has 0 bridgehead atoms. The van der Waals surface area contributed by atoms with E-state index in [-0.39, 0.29) is 17.0 Å². The molecule has 0 fully saturated rings. The van der Waals surface area contributed by atoms with Gasteiger partial charge in [-0.3, -0.25) is 9.78 Å². The van der Waals surface area contributed by atoms with Crippen LogP contribution in [0.5, 0.6) is 0 Å². The number of pyridine rings is 1. The minimum Gasteiger partial charge on any atom is -0.346 e. The molecule has 0 spiro atoms. The van der Waals surface area contributed by atoms with Gasteiger partial charge in [0.1, 0.15) is 5.82 Å². The van der Waals surface area contributed by atoms with Crippen molar-refractivity contribution in [2.45, 2.75) is 11.4 Å². The molecule has 0 saturated carbocycles. The van der Waals surface area contributed by atoms with Gasteiger partial charge in [-0.05, 0) is 30.3 Å². The molecule has 0 aliphatic heterocycles. The maximum absolute atomic E-state index is 13.9. The highest BCUT2D eigenvalue weighted by Crippen LogP contribution is 2.17. The lowest BCUT2D eigenvalue weighted by Crippen LogP contribution is -2.26. The second-order valence-corrected chi connectivity index (χ2v) is 7.08. The predicted molar refractivity (Wildman–Crippen MR) is 82.7 cm³/mol. The van der Waals surface area contributed by atoms with E-state index < -0.39 is 21.7 Å². The van der Waals surface area contributed by atoms with E-state index in [2.05, 4.69) is 10.3 Å². The van der Waals surface area contributed by atoms with Gasteiger partial charge in [-0.15, -0.1) is 0 Å². The largest absolute Gasteiger partial charge is 0.346 e. The van der Waals surface area contributed by atoms with Crippen molar-refractivity contribution in [3.05, 3.63) is 59.7 Å². The Hall–Kier alpha value is -2.32. The molecule has 8 heteroatoms. The SMILES string of the molecule is CN(C)S(=O)(=O)c1ccc(F)c(C(=O)NCc2ccccn2)c1. The summed E-state index contributed by atoms with van der Waals surface area (Å²) >= 11 is 0. The second kappa shape index (κ2) is 6.84. The number of nitrogens with one attached hydrogen (secondary N) is 1. The molecule has 2 rings (SSSR count). The molecule has 6 nitrogen and oxygen atoms in total. The maximum Gasteiger partial charge on any atom is 0.254 e. The highest BCUT2D eigenvalue weighted by atomic mass is 32.2. The smallest absolute Gasteiger partial charge is 0.254 e. The van der Waals surface area contributed by atoms with Crippen LogP contribution in [0.15, 0.2) is 47.5 Å². The summed E-state index contributed by atoms with van der Waals surface area (Å²) in [6.45, 7) is 0.115. The Labute approximate surface area is 134 Å². The summed E-state index contributed by atoms with van der Waals surface area (Å²) in [5.41, 5.74) is 0.280. The number of sulfonamides is 1. The third-order valence-electron chi connectivity index (χ3n) is 3.12. The minimum atomic E-state index is -3.74. The Kier molecular flexibility index (Phi) is 5.07. The van der Waals surface area contributed by atoms with E-state index in [1.54, 1.807) is 24.4 Å². The third-order valence-corrected chi connectivity index (χ3v) is 4.93. The fourth-order valence-corrected chi connectivity index (χ4v) is 2.75. The molecule has 0 radical (unpaired) electrons. The molecule has 1 heterocycles. The number of aromatic nitrogens is 1. The van der Waals surface area contributed by atoms with Gasteiger partial charge in [0.15, 0.2) is 0 Å². The van der Waals surface area contributed by atoms with E-state index in [4.69, 9.17) is 0 Å². The Morgan fingerprint density at radius 1 is 1.26 bits per heavy atom. The Morgan fingerprint density at radius 3 is 2.61 bits per heavy atom. The van der Waals surface area contributed by atoms with Crippen LogP contribution in [-0.4, -0.2) is 37.7 Å². The van der Waals surface area contributed by atoms with Crippen LogP contribution in [0.4, 0.5) is 4.39 Å². The predicted octanol–water partition coefficient (Wildman–Crippen LogP) is 1.40. The number of halogens is 1. The Bertz CT molecular complexity index is 808. The molecule has 2 aromatic rings. The molecule has 23 heavy (non-hydrogen) atoms. The van der Waals surface area contributed by atoms with Gasteiger partial charge in [0, 0.05) is 20.3 Å². The van der Waals surface area contributed by atoms with E-state index in [0.29, 0.717) is 5.69 Å². The minimum absolute atomic E-state index is 0.115. The number of carbonyl (C=O) groups is 1. The van der Waals surface area contributed by atoms with E-state index in [1.807, 2.05) is 0 Å². The zero-order valence-corrected chi connectivity index (χ0v) is 13.5. The maximum atomic E-state index is 13.9. The molecule has 0 unspecified atom stereocenters. The van der Waals surface area contributed by atoms with Crippen molar-refractivity contribution in [3.63, 3.8) is 0 Å². The molecule has 1 aromatic heterocycles. The van der Waals surface area contributed by atoms with Crippen molar-refractivity contribution >= 4 is 15.9 Å². The number of amides is 1. The first-order valence-corrected chi connectivity index (χ1v) is 8.16. The normalized spacial score (nSPS) is 11.5. The molecule has 0 atom stereocenters. The molecule has 1 aromatic carbocycles. The third kappa shape index (κ3) is 3.91.